The fourth-order valence-electron chi connectivity index (χ4n) is 2.97. The van der Waals surface area contributed by atoms with Crippen LogP contribution in [0.5, 0.6) is 0 Å². The van der Waals surface area contributed by atoms with E-state index in [4.69, 9.17) is 11.6 Å². The molecule has 1 nitrogen and oxygen atoms in total. The number of nitrogens with one attached hydrogen (secondary N) is 1. The molecule has 1 aliphatic rings. The van der Waals surface area contributed by atoms with E-state index in [1.165, 1.54) is 30.4 Å². The minimum atomic E-state index is 0.130. The smallest absolute Gasteiger partial charge is 0.0589 e. The van der Waals surface area contributed by atoms with Gasteiger partial charge in [0.1, 0.15) is 0 Å². The van der Waals surface area contributed by atoms with Crippen molar-refractivity contribution in [3.63, 3.8) is 0 Å². The molecule has 0 saturated heterocycles. The van der Waals surface area contributed by atoms with Crippen LogP contribution in [0.25, 0.3) is 0 Å². The second kappa shape index (κ2) is 6.51. The highest BCUT2D eigenvalue weighted by atomic mass is 79.9. The molecule has 21 heavy (non-hydrogen) atoms. The fraction of sp³-hybridized carbons (Fsp3) is 0.333. The van der Waals surface area contributed by atoms with Crippen molar-refractivity contribution >= 4 is 27.5 Å². The number of hydrogen-bond acceptors (Lipinski definition) is 1. The van der Waals surface area contributed by atoms with Gasteiger partial charge in [-0.05, 0) is 54.6 Å². The van der Waals surface area contributed by atoms with Gasteiger partial charge >= 0.3 is 0 Å². The SMILES string of the molecule is CNC(c1cccc(C2CCC2)c1)c1ccc(Br)cc1Cl. The van der Waals surface area contributed by atoms with E-state index >= 15 is 0 Å². The van der Waals surface area contributed by atoms with Crippen LogP contribution >= 0.6 is 27.5 Å². The average Bonchev–Trinajstić information content (AvgIpc) is 2.40. The molecular weight excluding hydrogens is 346 g/mol. The molecular formula is C18H19BrClN. The molecule has 1 saturated carbocycles. The fourth-order valence-corrected chi connectivity index (χ4v) is 3.75. The van der Waals surface area contributed by atoms with Crippen molar-refractivity contribution in [3.8, 4) is 0 Å². The lowest BCUT2D eigenvalue weighted by atomic mass is 9.79. The van der Waals surface area contributed by atoms with Crippen LogP contribution in [0.1, 0.15) is 47.9 Å². The summed E-state index contributed by atoms with van der Waals surface area (Å²) in [5, 5.41) is 4.19. The van der Waals surface area contributed by atoms with Crippen LogP contribution < -0.4 is 5.32 Å². The molecule has 0 amide bonds. The summed E-state index contributed by atoms with van der Waals surface area (Å²) in [6.45, 7) is 0. The number of hydrogen-bond donors (Lipinski definition) is 1. The molecule has 1 atom stereocenters. The summed E-state index contributed by atoms with van der Waals surface area (Å²) in [5.41, 5.74) is 3.87. The first-order valence-electron chi connectivity index (χ1n) is 7.41. The summed E-state index contributed by atoms with van der Waals surface area (Å²) in [6, 6.07) is 15.2. The Kier molecular flexibility index (Phi) is 4.68. The molecule has 2 aromatic carbocycles. The summed E-state index contributed by atoms with van der Waals surface area (Å²) < 4.78 is 1.01. The molecule has 1 unspecified atom stereocenters. The van der Waals surface area contributed by atoms with E-state index < -0.39 is 0 Å². The van der Waals surface area contributed by atoms with Crippen molar-refractivity contribution in [1.82, 2.24) is 5.32 Å². The van der Waals surface area contributed by atoms with E-state index in [0.717, 1.165) is 21.0 Å². The third-order valence-electron chi connectivity index (χ3n) is 4.38. The minimum Gasteiger partial charge on any atom is -0.309 e. The quantitative estimate of drug-likeness (QED) is 0.736. The summed E-state index contributed by atoms with van der Waals surface area (Å²) in [7, 11) is 1.99. The predicted molar refractivity (Wildman–Crippen MR) is 93.1 cm³/mol. The Morgan fingerprint density at radius 2 is 2.00 bits per heavy atom. The first kappa shape index (κ1) is 15.1. The lowest BCUT2D eigenvalue weighted by molar-refractivity contribution is 0.419. The zero-order chi connectivity index (χ0) is 14.8. The second-order valence-corrected chi connectivity index (χ2v) is 7.01. The van der Waals surface area contributed by atoms with Gasteiger partial charge in [0, 0.05) is 9.50 Å². The van der Waals surface area contributed by atoms with E-state index in [9.17, 15) is 0 Å². The van der Waals surface area contributed by atoms with E-state index in [1.54, 1.807) is 0 Å². The van der Waals surface area contributed by atoms with Crippen LogP contribution in [-0.4, -0.2) is 7.05 Å². The van der Waals surface area contributed by atoms with Gasteiger partial charge in [0.2, 0.25) is 0 Å². The predicted octanol–water partition coefficient (Wildman–Crippen LogP) is 5.68. The average molecular weight is 365 g/mol. The maximum Gasteiger partial charge on any atom is 0.0589 e. The van der Waals surface area contributed by atoms with Crippen LogP contribution in [0.3, 0.4) is 0 Å². The van der Waals surface area contributed by atoms with Crippen molar-refractivity contribution in [2.75, 3.05) is 7.05 Å². The molecule has 0 spiro atoms. The third-order valence-corrected chi connectivity index (χ3v) is 5.20. The standard InChI is InChI=1S/C18H19BrClN/c1-21-18(16-9-8-15(19)11-17(16)20)14-7-3-6-13(10-14)12-4-2-5-12/h3,6-12,18,21H,2,4-5H2,1H3. The first-order chi connectivity index (χ1) is 10.2. The Hall–Kier alpha value is -0.830. The Balaban J connectivity index is 1.95. The van der Waals surface area contributed by atoms with Gasteiger partial charge in [-0.1, -0.05) is 64.3 Å². The van der Waals surface area contributed by atoms with Crippen LogP contribution in [0.4, 0.5) is 0 Å². The molecule has 0 heterocycles. The number of benzene rings is 2. The molecule has 2 aromatic rings. The van der Waals surface area contributed by atoms with Gasteiger partial charge in [-0.15, -0.1) is 0 Å². The molecule has 110 valence electrons. The maximum absolute atomic E-state index is 6.42. The van der Waals surface area contributed by atoms with Gasteiger partial charge in [0.05, 0.1) is 6.04 Å². The highest BCUT2D eigenvalue weighted by Gasteiger charge is 2.21. The maximum atomic E-state index is 6.42. The van der Waals surface area contributed by atoms with Gasteiger partial charge in [-0.3, -0.25) is 0 Å². The normalized spacial score (nSPS) is 16.5. The van der Waals surface area contributed by atoms with Crippen LogP contribution in [0.2, 0.25) is 5.02 Å². The second-order valence-electron chi connectivity index (χ2n) is 5.69. The Morgan fingerprint density at radius 3 is 2.62 bits per heavy atom. The molecule has 0 radical (unpaired) electrons. The van der Waals surface area contributed by atoms with Gasteiger partial charge in [-0.2, -0.15) is 0 Å². The van der Waals surface area contributed by atoms with Gasteiger partial charge in [0.15, 0.2) is 0 Å². The van der Waals surface area contributed by atoms with Crippen molar-refractivity contribution in [2.45, 2.75) is 31.2 Å². The zero-order valence-corrected chi connectivity index (χ0v) is 14.4. The van der Waals surface area contributed by atoms with E-state index in [0.29, 0.717) is 0 Å². The van der Waals surface area contributed by atoms with Crippen molar-refractivity contribution in [2.24, 2.45) is 0 Å². The lowest BCUT2D eigenvalue weighted by Gasteiger charge is -2.27. The van der Waals surface area contributed by atoms with Crippen LogP contribution in [0, 0.1) is 0 Å². The monoisotopic (exact) mass is 363 g/mol. The molecule has 1 fully saturated rings. The van der Waals surface area contributed by atoms with E-state index in [-0.39, 0.29) is 6.04 Å². The molecule has 0 aliphatic heterocycles. The Bertz CT molecular complexity index is 637. The molecule has 0 bridgehead atoms. The third kappa shape index (κ3) is 3.18. The van der Waals surface area contributed by atoms with Crippen molar-refractivity contribution in [1.29, 1.82) is 0 Å². The Labute approximate surface area is 139 Å². The molecule has 1 aliphatic carbocycles. The Morgan fingerprint density at radius 1 is 1.19 bits per heavy atom. The van der Waals surface area contributed by atoms with Gasteiger partial charge < -0.3 is 5.32 Å². The molecule has 3 heteroatoms. The number of rotatable bonds is 4. The van der Waals surface area contributed by atoms with E-state index in [1.807, 2.05) is 19.2 Å². The van der Waals surface area contributed by atoms with Crippen molar-refractivity contribution < 1.29 is 0 Å². The summed E-state index contributed by atoms with van der Waals surface area (Å²) in [4.78, 5) is 0. The van der Waals surface area contributed by atoms with Crippen LogP contribution in [-0.2, 0) is 0 Å². The molecule has 3 rings (SSSR count). The topological polar surface area (TPSA) is 12.0 Å². The highest BCUT2D eigenvalue weighted by molar-refractivity contribution is 9.10. The summed E-state index contributed by atoms with van der Waals surface area (Å²) >= 11 is 9.89. The minimum absolute atomic E-state index is 0.130. The summed E-state index contributed by atoms with van der Waals surface area (Å²) in [5.74, 6) is 0.753. The zero-order valence-electron chi connectivity index (χ0n) is 12.1. The van der Waals surface area contributed by atoms with Gasteiger partial charge in [0.25, 0.3) is 0 Å². The largest absolute Gasteiger partial charge is 0.309 e. The summed E-state index contributed by atoms with van der Waals surface area (Å²) in [6.07, 6.45) is 4.02. The van der Waals surface area contributed by atoms with E-state index in [2.05, 4.69) is 51.6 Å². The number of halogens is 2. The molecule has 1 N–H and O–H groups in total. The first-order valence-corrected chi connectivity index (χ1v) is 8.58. The lowest BCUT2D eigenvalue weighted by Crippen LogP contribution is -2.19. The van der Waals surface area contributed by atoms with Gasteiger partial charge in [-0.25, -0.2) is 0 Å². The highest BCUT2D eigenvalue weighted by Crippen LogP contribution is 2.38. The van der Waals surface area contributed by atoms with Crippen LogP contribution in [0.15, 0.2) is 46.9 Å². The van der Waals surface area contributed by atoms with Crippen molar-refractivity contribution in [3.05, 3.63) is 68.7 Å². The molecule has 0 aromatic heterocycles.